The highest BCUT2D eigenvalue weighted by atomic mass is 16.3. The molecular formula is C16H23N3O. The van der Waals surface area contributed by atoms with Crippen LogP contribution in [0.1, 0.15) is 29.4 Å². The Hall–Kier alpha value is -1.65. The zero-order chi connectivity index (χ0) is 14.8. The molecule has 0 amide bonds. The summed E-state index contributed by atoms with van der Waals surface area (Å²) in [6, 6.07) is 9.71. The molecule has 0 fully saturated rings. The average molecular weight is 273 g/mol. The Balaban J connectivity index is 2.36. The van der Waals surface area contributed by atoms with Crippen LogP contribution >= 0.6 is 0 Å². The van der Waals surface area contributed by atoms with Gasteiger partial charge in [0.25, 0.3) is 0 Å². The minimum atomic E-state index is -0.810. The molecule has 4 nitrogen and oxygen atoms in total. The van der Waals surface area contributed by atoms with Crippen molar-refractivity contribution in [2.45, 2.75) is 39.3 Å². The third-order valence-corrected chi connectivity index (χ3v) is 3.95. The van der Waals surface area contributed by atoms with Crippen LogP contribution in [0.4, 0.5) is 0 Å². The van der Waals surface area contributed by atoms with Crippen molar-refractivity contribution in [3.63, 3.8) is 0 Å². The van der Waals surface area contributed by atoms with Gasteiger partial charge in [0.1, 0.15) is 0 Å². The Kier molecular flexibility index (Phi) is 4.26. The summed E-state index contributed by atoms with van der Waals surface area (Å²) in [5.41, 5.74) is 9.96. The van der Waals surface area contributed by atoms with Crippen LogP contribution in [0, 0.1) is 13.8 Å². The highest BCUT2D eigenvalue weighted by Crippen LogP contribution is 2.22. The first-order valence-electron chi connectivity index (χ1n) is 7.00. The maximum atomic E-state index is 9.76. The van der Waals surface area contributed by atoms with Crippen molar-refractivity contribution in [2.75, 3.05) is 6.61 Å². The maximum Gasteiger partial charge on any atom is 0.0842 e. The smallest absolute Gasteiger partial charge is 0.0842 e. The maximum absolute atomic E-state index is 9.76. The van der Waals surface area contributed by atoms with Crippen LogP contribution in [0.3, 0.4) is 0 Å². The van der Waals surface area contributed by atoms with Crippen LogP contribution in [-0.2, 0) is 18.5 Å². The van der Waals surface area contributed by atoms with Gasteiger partial charge in [-0.25, -0.2) is 0 Å². The lowest BCUT2D eigenvalue weighted by molar-refractivity contribution is 0.173. The summed E-state index contributed by atoms with van der Waals surface area (Å²) in [7, 11) is 0. The van der Waals surface area contributed by atoms with Crippen LogP contribution in [-0.4, -0.2) is 21.5 Å². The molecule has 0 spiro atoms. The van der Waals surface area contributed by atoms with Gasteiger partial charge in [0, 0.05) is 5.69 Å². The second-order valence-electron chi connectivity index (χ2n) is 5.34. The fraction of sp³-hybridized carbons (Fsp3) is 0.438. The lowest BCUT2D eigenvalue weighted by atomic mass is 9.92. The summed E-state index contributed by atoms with van der Waals surface area (Å²) in [4.78, 5) is 0. The molecule has 20 heavy (non-hydrogen) atoms. The molecule has 2 rings (SSSR count). The van der Waals surface area contributed by atoms with Gasteiger partial charge in [0.15, 0.2) is 0 Å². The van der Waals surface area contributed by atoms with Crippen molar-refractivity contribution < 1.29 is 5.11 Å². The van der Waals surface area contributed by atoms with E-state index in [9.17, 15) is 5.11 Å². The van der Waals surface area contributed by atoms with Gasteiger partial charge < -0.3 is 10.8 Å². The largest absolute Gasteiger partial charge is 0.394 e. The number of rotatable bonds is 5. The van der Waals surface area contributed by atoms with Crippen molar-refractivity contribution >= 4 is 0 Å². The summed E-state index contributed by atoms with van der Waals surface area (Å²) < 4.78 is 1.91. The van der Waals surface area contributed by atoms with Gasteiger partial charge in [-0.3, -0.25) is 4.68 Å². The number of benzene rings is 1. The molecule has 0 aliphatic heterocycles. The topological polar surface area (TPSA) is 64.1 Å². The third-order valence-electron chi connectivity index (χ3n) is 3.95. The van der Waals surface area contributed by atoms with Crippen molar-refractivity contribution in [3.8, 4) is 0 Å². The second-order valence-corrected chi connectivity index (χ2v) is 5.34. The van der Waals surface area contributed by atoms with Gasteiger partial charge in [0.05, 0.1) is 24.4 Å². The molecule has 1 aromatic heterocycles. The van der Waals surface area contributed by atoms with E-state index in [4.69, 9.17) is 5.73 Å². The number of hydrogen-bond donors (Lipinski definition) is 2. The summed E-state index contributed by atoms with van der Waals surface area (Å²) >= 11 is 0. The van der Waals surface area contributed by atoms with Gasteiger partial charge in [-0.2, -0.15) is 5.10 Å². The number of hydrogen-bond acceptors (Lipinski definition) is 3. The van der Waals surface area contributed by atoms with E-state index in [-0.39, 0.29) is 6.61 Å². The Morgan fingerprint density at radius 1 is 1.25 bits per heavy atom. The molecule has 0 saturated heterocycles. The zero-order valence-corrected chi connectivity index (χ0v) is 12.4. The predicted octanol–water partition coefficient (Wildman–Crippen LogP) is 1.91. The summed E-state index contributed by atoms with van der Waals surface area (Å²) in [5, 5.41) is 14.3. The van der Waals surface area contributed by atoms with Gasteiger partial charge in [-0.05, 0) is 31.4 Å². The van der Waals surface area contributed by atoms with Crippen LogP contribution in [0.15, 0.2) is 30.3 Å². The van der Waals surface area contributed by atoms with Gasteiger partial charge in [-0.15, -0.1) is 0 Å². The van der Waals surface area contributed by atoms with Crippen molar-refractivity contribution in [3.05, 3.63) is 52.8 Å². The quantitative estimate of drug-likeness (QED) is 0.874. The lowest BCUT2D eigenvalue weighted by Gasteiger charge is -2.28. The number of aryl methyl sites for hydroxylation is 1. The van der Waals surface area contributed by atoms with Gasteiger partial charge >= 0.3 is 0 Å². The molecule has 0 saturated carbocycles. The molecule has 0 radical (unpaired) electrons. The zero-order valence-electron chi connectivity index (χ0n) is 12.4. The highest BCUT2D eigenvalue weighted by Gasteiger charge is 2.28. The van der Waals surface area contributed by atoms with Crippen LogP contribution in [0.25, 0.3) is 0 Å². The third kappa shape index (κ3) is 2.62. The predicted molar refractivity (Wildman–Crippen MR) is 80.5 cm³/mol. The molecule has 3 N–H and O–H groups in total. The molecule has 1 aromatic carbocycles. The van der Waals surface area contributed by atoms with Crippen molar-refractivity contribution in [2.24, 2.45) is 5.73 Å². The van der Waals surface area contributed by atoms with Crippen molar-refractivity contribution in [1.29, 1.82) is 0 Å². The summed E-state index contributed by atoms with van der Waals surface area (Å²) in [5.74, 6) is 0. The SMILES string of the molecule is CCc1c(C)nn(CC(N)(CO)c2ccccc2)c1C. The van der Waals surface area contributed by atoms with E-state index in [1.54, 1.807) is 0 Å². The lowest BCUT2D eigenvalue weighted by Crippen LogP contribution is -2.45. The molecule has 1 unspecified atom stereocenters. The molecule has 1 atom stereocenters. The normalized spacial score (nSPS) is 14.2. The Bertz CT molecular complexity index is 577. The minimum Gasteiger partial charge on any atom is -0.394 e. The fourth-order valence-electron chi connectivity index (χ4n) is 2.67. The van der Waals surface area contributed by atoms with Crippen LogP contribution < -0.4 is 5.73 Å². The number of aliphatic hydroxyl groups is 1. The fourth-order valence-corrected chi connectivity index (χ4v) is 2.67. The molecule has 0 aliphatic carbocycles. The molecule has 2 aromatic rings. The van der Waals surface area contributed by atoms with Gasteiger partial charge in [0.2, 0.25) is 0 Å². The van der Waals surface area contributed by atoms with E-state index < -0.39 is 5.54 Å². The first-order chi connectivity index (χ1) is 9.51. The molecule has 0 bridgehead atoms. The van der Waals surface area contributed by atoms with E-state index in [1.165, 1.54) is 5.56 Å². The molecule has 108 valence electrons. The Morgan fingerprint density at radius 3 is 2.40 bits per heavy atom. The van der Waals surface area contributed by atoms with E-state index in [0.29, 0.717) is 6.54 Å². The molecule has 1 heterocycles. The monoisotopic (exact) mass is 273 g/mol. The van der Waals surface area contributed by atoms with Crippen molar-refractivity contribution in [1.82, 2.24) is 9.78 Å². The van der Waals surface area contributed by atoms with Gasteiger partial charge in [-0.1, -0.05) is 37.3 Å². The Morgan fingerprint density at radius 2 is 1.90 bits per heavy atom. The molecule has 4 heteroatoms. The number of nitrogens with zero attached hydrogens (tertiary/aromatic N) is 2. The number of nitrogens with two attached hydrogens (primary N) is 1. The highest BCUT2D eigenvalue weighted by molar-refractivity contribution is 5.27. The second kappa shape index (κ2) is 5.77. The van der Waals surface area contributed by atoms with E-state index in [1.807, 2.05) is 41.9 Å². The van der Waals surface area contributed by atoms with E-state index in [0.717, 1.165) is 23.4 Å². The van der Waals surface area contributed by atoms with E-state index in [2.05, 4.69) is 18.9 Å². The first-order valence-corrected chi connectivity index (χ1v) is 7.00. The molecular weight excluding hydrogens is 250 g/mol. The number of aliphatic hydroxyl groups excluding tert-OH is 1. The first kappa shape index (κ1) is 14.8. The standard InChI is InChI=1S/C16H23N3O/c1-4-15-12(2)18-19(13(15)3)10-16(17,11-20)14-8-6-5-7-9-14/h5-9,20H,4,10-11,17H2,1-3H3. The molecule has 0 aliphatic rings. The van der Waals surface area contributed by atoms with Crippen LogP contribution in [0.5, 0.6) is 0 Å². The average Bonchev–Trinajstić information content (AvgIpc) is 2.73. The minimum absolute atomic E-state index is 0.114. The Labute approximate surface area is 120 Å². The van der Waals surface area contributed by atoms with E-state index >= 15 is 0 Å². The summed E-state index contributed by atoms with van der Waals surface area (Å²) in [6.45, 7) is 6.56. The summed E-state index contributed by atoms with van der Waals surface area (Å²) in [6.07, 6.45) is 0.958. The van der Waals surface area contributed by atoms with Crippen LogP contribution in [0.2, 0.25) is 0 Å². The number of aromatic nitrogens is 2.